The van der Waals surface area contributed by atoms with E-state index in [-0.39, 0.29) is 23.6 Å². The Balaban J connectivity index is 1.64. The van der Waals surface area contributed by atoms with Crippen LogP contribution in [0.4, 0.5) is 0 Å². The van der Waals surface area contributed by atoms with Gasteiger partial charge in [0.05, 0.1) is 11.8 Å². The molecule has 23 heavy (non-hydrogen) atoms. The summed E-state index contributed by atoms with van der Waals surface area (Å²) in [5.41, 5.74) is 2.30. The van der Waals surface area contributed by atoms with Crippen LogP contribution in [0.5, 0.6) is 0 Å². The van der Waals surface area contributed by atoms with E-state index in [2.05, 4.69) is 24.3 Å². The maximum absolute atomic E-state index is 12.7. The molecule has 1 spiro atoms. The van der Waals surface area contributed by atoms with Crippen molar-refractivity contribution in [3.05, 3.63) is 35.4 Å². The Kier molecular flexibility index (Phi) is 2.67. The summed E-state index contributed by atoms with van der Waals surface area (Å²) in [5.74, 6) is 1.22. The number of ether oxygens (including phenoxy) is 1. The van der Waals surface area contributed by atoms with E-state index in [4.69, 9.17) is 4.74 Å². The molecule has 6 atom stereocenters. The van der Waals surface area contributed by atoms with E-state index in [0.717, 1.165) is 32.1 Å². The molecule has 0 amide bonds. The number of hydrogen-bond acceptors (Lipinski definition) is 3. The van der Waals surface area contributed by atoms with Gasteiger partial charge in [0, 0.05) is 18.3 Å². The minimum atomic E-state index is -0.471. The number of esters is 1. The molecule has 1 aromatic rings. The third-order valence-corrected chi connectivity index (χ3v) is 7.18. The molecule has 120 valence electrons. The fraction of sp³-hybridized carbons (Fsp3) is 0.600. The Morgan fingerprint density at radius 2 is 2.04 bits per heavy atom. The van der Waals surface area contributed by atoms with Crippen LogP contribution >= 0.6 is 0 Å². The summed E-state index contributed by atoms with van der Waals surface area (Å²) >= 11 is 0. The van der Waals surface area contributed by atoms with E-state index >= 15 is 0 Å². The van der Waals surface area contributed by atoms with Crippen LogP contribution in [-0.4, -0.2) is 17.4 Å². The third-order valence-electron chi connectivity index (χ3n) is 7.18. The zero-order chi connectivity index (χ0) is 15.8. The molecule has 0 radical (unpaired) electrons. The van der Waals surface area contributed by atoms with Gasteiger partial charge >= 0.3 is 5.97 Å². The van der Waals surface area contributed by atoms with Crippen LogP contribution in [0, 0.1) is 23.7 Å². The van der Waals surface area contributed by atoms with E-state index in [1.165, 1.54) is 11.1 Å². The molecular weight excluding hydrogens is 288 g/mol. The summed E-state index contributed by atoms with van der Waals surface area (Å²) in [7, 11) is 0. The molecule has 1 heterocycles. The lowest BCUT2D eigenvalue weighted by atomic mass is 9.55. The molecule has 3 nitrogen and oxygen atoms in total. The first-order chi connectivity index (χ1) is 11.1. The van der Waals surface area contributed by atoms with Crippen molar-refractivity contribution < 1.29 is 14.3 Å². The molecule has 2 bridgehead atoms. The van der Waals surface area contributed by atoms with Gasteiger partial charge in [-0.1, -0.05) is 24.3 Å². The second-order valence-electron chi connectivity index (χ2n) is 7.96. The second kappa shape index (κ2) is 4.46. The van der Waals surface area contributed by atoms with E-state index < -0.39 is 5.60 Å². The second-order valence-corrected chi connectivity index (χ2v) is 7.96. The van der Waals surface area contributed by atoms with Crippen molar-refractivity contribution in [1.29, 1.82) is 0 Å². The van der Waals surface area contributed by atoms with E-state index in [0.29, 0.717) is 17.8 Å². The predicted molar refractivity (Wildman–Crippen MR) is 84.8 cm³/mol. The summed E-state index contributed by atoms with van der Waals surface area (Å²) in [6.45, 7) is 1.67. The fourth-order valence-electron chi connectivity index (χ4n) is 6.45. The van der Waals surface area contributed by atoms with Gasteiger partial charge in [0.15, 0.2) is 0 Å². The molecule has 0 unspecified atom stereocenters. The number of fused-ring (bicyclic) bond motifs is 6. The van der Waals surface area contributed by atoms with Crippen molar-refractivity contribution in [1.82, 2.24) is 0 Å². The van der Waals surface area contributed by atoms with Gasteiger partial charge in [0.2, 0.25) is 0 Å². The summed E-state index contributed by atoms with van der Waals surface area (Å²) in [4.78, 5) is 24.8. The molecule has 0 N–H and O–H groups in total. The molecule has 5 rings (SSSR count). The Hall–Kier alpha value is -1.64. The Morgan fingerprint density at radius 1 is 1.22 bits per heavy atom. The van der Waals surface area contributed by atoms with Gasteiger partial charge < -0.3 is 4.74 Å². The molecule has 0 aromatic heterocycles. The molecule has 3 aliphatic carbocycles. The first kappa shape index (κ1) is 13.8. The number of aryl methyl sites for hydroxylation is 1. The minimum Gasteiger partial charge on any atom is -0.458 e. The number of hydrogen-bond donors (Lipinski definition) is 0. The van der Waals surface area contributed by atoms with Crippen molar-refractivity contribution in [2.24, 2.45) is 23.7 Å². The summed E-state index contributed by atoms with van der Waals surface area (Å²) in [6.07, 6.45) is 4.91. The number of carbonyl (C=O) groups is 2. The van der Waals surface area contributed by atoms with Crippen LogP contribution in [0.3, 0.4) is 0 Å². The Labute approximate surface area is 136 Å². The molecule has 3 fully saturated rings. The van der Waals surface area contributed by atoms with E-state index in [1.54, 1.807) is 6.92 Å². The first-order valence-corrected chi connectivity index (χ1v) is 8.93. The SMILES string of the molecule is CC(=O)[C@@H]1CC[C@H]2[C@@H]3CCc4ccccc4[C@H]3[C@@H]3C[C@]12OC3=O. The van der Waals surface area contributed by atoms with Crippen LogP contribution in [0.1, 0.15) is 49.7 Å². The van der Waals surface area contributed by atoms with Gasteiger partial charge in [-0.05, 0) is 49.7 Å². The van der Waals surface area contributed by atoms with Crippen LogP contribution in [-0.2, 0) is 20.7 Å². The van der Waals surface area contributed by atoms with E-state index in [9.17, 15) is 9.59 Å². The quantitative estimate of drug-likeness (QED) is 0.748. The van der Waals surface area contributed by atoms with Gasteiger partial charge in [-0.25, -0.2) is 0 Å². The number of carbonyl (C=O) groups excluding carboxylic acids is 2. The summed E-state index contributed by atoms with van der Waals surface area (Å²) in [6, 6.07) is 8.61. The average Bonchev–Trinajstić information content (AvgIpc) is 3.06. The Morgan fingerprint density at radius 3 is 2.87 bits per heavy atom. The lowest BCUT2D eigenvalue weighted by Gasteiger charge is -2.47. The smallest absolute Gasteiger partial charge is 0.310 e. The van der Waals surface area contributed by atoms with Crippen molar-refractivity contribution in [3.63, 3.8) is 0 Å². The maximum Gasteiger partial charge on any atom is 0.310 e. The van der Waals surface area contributed by atoms with Crippen molar-refractivity contribution in [2.45, 2.75) is 50.5 Å². The van der Waals surface area contributed by atoms with Crippen molar-refractivity contribution in [2.75, 3.05) is 0 Å². The van der Waals surface area contributed by atoms with E-state index in [1.807, 2.05) is 0 Å². The number of Topliss-reactive ketones (excluding diaryl/α,β-unsaturated/α-hetero) is 1. The number of rotatable bonds is 1. The molecule has 4 aliphatic rings. The maximum atomic E-state index is 12.7. The first-order valence-electron chi connectivity index (χ1n) is 8.93. The van der Waals surface area contributed by atoms with Gasteiger partial charge in [0.25, 0.3) is 0 Å². The molecule has 2 saturated carbocycles. The lowest BCUT2D eigenvalue weighted by molar-refractivity contribution is -0.158. The predicted octanol–water partition coefficient (Wildman–Crippen LogP) is 3.26. The highest BCUT2D eigenvalue weighted by Crippen LogP contribution is 2.65. The zero-order valence-electron chi connectivity index (χ0n) is 13.5. The molecule has 1 aliphatic heterocycles. The highest BCUT2D eigenvalue weighted by molar-refractivity contribution is 5.84. The largest absolute Gasteiger partial charge is 0.458 e. The summed E-state index contributed by atoms with van der Waals surface area (Å²) < 4.78 is 6.02. The normalized spacial score (nSPS) is 43.3. The van der Waals surface area contributed by atoms with Crippen LogP contribution in [0.15, 0.2) is 24.3 Å². The average molecular weight is 310 g/mol. The highest BCUT2D eigenvalue weighted by Gasteiger charge is 2.68. The van der Waals surface area contributed by atoms with Crippen molar-refractivity contribution >= 4 is 11.8 Å². The van der Waals surface area contributed by atoms with Crippen LogP contribution in [0.2, 0.25) is 0 Å². The van der Waals surface area contributed by atoms with Crippen molar-refractivity contribution in [3.8, 4) is 0 Å². The monoisotopic (exact) mass is 310 g/mol. The molecule has 3 heteroatoms. The molecule has 1 saturated heterocycles. The number of ketones is 1. The van der Waals surface area contributed by atoms with Gasteiger partial charge in [0.1, 0.15) is 11.4 Å². The summed E-state index contributed by atoms with van der Waals surface area (Å²) in [5, 5.41) is 0. The Bertz CT molecular complexity index is 709. The zero-order valence-corrected chi connectivity index (χ0v) is 13.5. The topological polar surface area (TPSA) is 43.4 Å². The van der Waals surface area contributed by atoms with Crippen LogP contribution < -0.4 is 0 Å². The van der Waals surface area contributed by atoms with Gasteiger partial charge in [-0.2, -0.15) is 0 Å². The van der Waals surface area contributed by atoms with Gasteiger partial charge in [-0.15, -0.1) is 0 Å². The number of benzene rings is 1. The molecular formula is C20H22O3. The third kappa shape index (κ3) is 1.61. The highest BCUT2D eigenvalue weighted by atomic mass is 16.6. The van der Waals surface area contributed by atoms with Gasteiger partial charge in [-0.3, -0.25) is 9.59 Å². The lowest BCUT2D eigenvalue weighted by Crippen LogP contribution is -2.50. The standard InChI is InChI=1S/C20H22O3/c1-11(21)16-8-9-17-14-7-6-12-4-2-3-5-13(12)18(14)15-10-20(16,17)23-19(15)22/h2-5,14-18H,6-10H2,1H3/t14-,15-,16-,17-,18+,20-/m0/s1. The molecule has 1 aromatic carbocycles. The minimum absolute atomic E-state index is 0.0438. The van der Waals surface area contributed by atoms with Crippen LogP contribution in [0.25, 0.3) is 0 Å². The fourth-order valence-corrected chi connectivity index (χ4v) is 6.45.